The van der Waals surface area contributed by atoms with E-state index in [1.165, 1.54) is 0 Å². The van der Waals surface area contributed by atoms with E-state index in [1.54, 1.807) is 7.11 Å². The molecular formula is C12H16N2O7. The van der Waals surface area contributed by atoms with Crippen LogP contribution in [0, 0.1) is 10.1 Å². The molecule has 0 atom stereocenters. The number of aromatic carboxylic acids is 1. The molecule has 1 heterocycles. The number of carboxylic acids is 1. The molecule has 116 valence electrons. The van der Waals surface area contributed by atoms with Crippen molar-refractivity contribution in [3.8, 4) is 5.88 Å². The molecule has 0 radical (unpaired) electrons. The van der Waals surface area contributed by atoms with Gasteiger partial charge in [0.1, 0.15) is 6.61 Å². The van der Waals surface area contributed by atoms with Crippen molar-refractivity contribution in [3.63, 3.8) is 0 Å². The summed E-state index contributed by atoms with van der Waals surface area (Å²) < 4.78 is 15.2. The minimum Gasteiger partial charge on any atom is -0.478 e. The van der Waals surface area contributed by atoms with Gasteiger partial charge in [0.05, 0.1) is 17.1 Å². The molecule has 0 unspecified atom stereocenters. The van der Waals surface area contributed by atoms with E-state index in [-0.39, 0.29) is 24.7 Å². The van der Waals surface area contributed by atoms with Gasteiger partial charge >= 0.3 is 11.7 Å². The number of nitro groups is 1. The lowest BCUT2D eigenvalue weighted by Gasteiger charge is -2.07. The second-order valence-corrected chi connectivity index (χ2v) is 3.92. The molecule has 0 saturated heterocycles. The molecule has 0 aliphatic rings. The van der Waals surface area contributed by atoms with Crippen molar-refractivity contribution in [3.05, 3.63) is 27.9 Å². The molecule has 21 heavy (non-hydrogen) atoms. The summed E-state index contributed by atoms with van der Waals surface area (Å²) in [5.41, 5.74) is -0.765. The molecule has 1 N–H and O–H groups in total. The lowest BCUT2D eigenvalue weighted by molar-refractivity contribution is -0.386. The number of nitrogens with zero attached hydrogens (tertiary/aromatic N) is 2. The largest absolute Gasteiger partial charge is 0.478 e. The van der Waals surface area contributed by atoms with E-state index in [0.29, 0.717) is 13.2 Å². The molecule has 1 aromatic heterocycles. The number of carbonyl (C=O) groups is 1. The van der Waals surface area contributed by atoms with Crippen LogP contribution in [0.2, 0.25) is 0 Å². The maximum atomic E-state index is 10.9. The molecule has 0 fully saturated rings. The van der Waals surface area contributed by atoms with Crippen molar-refractivity contribution >= 4 is 11.7 Å². The smallest absolute Gasteiger partial charge is 0.337 e. The summed E-state index contributed by atoms with van der Waals surface area (Å²) in [5, 5.41) is 19.6. The fraction of sp³-hybridized carbons (Fsp3) is 0.500. The number of carboxylic acid groups (broad SMARTS) is 1. The molecule has 9 heteroatoms. The zero-order valence-electron chi connectivity index (χ0n) is 11.5. The first-order valence-corrected chi connectivity index (χ1v) is 6.13. The van der Waals surface area contributed by atoms with Crippen molar-refractivity contribution < 1.29 is 29.0 Å². The maximum Gasteiger partial charge on any atom is 0.337 e. The Balaban J connectivity index is 2.51. The first-order valence-electron chi connectivity index (χ1n) is 6.13. The summed E-state index contributed by atoms with van der Waals surface area (Å²) in [7, 11) is 1.59. The standard InChI is InChI=1S/C12H16N2O7/c1-19-3-2-4-20-5-6-21-11-10(14(17)18)7-9(8-13-11)12(15)16/h7-8H,2-6H2,1H3,(H,15,16). The monoisotopic (exact) mass is 300 g/mol. The Morgan fingerprint density at radius 1 is 1.38 bits per heavy atom. The fourth-order valence-corrected chi connectivity index (χ4v) is 1.40. The van der Waals surface area contributed by atoms with Gasteiger partial charge in [0.15, 0.2) is 0 Å². The van der Waals surface area contributed by atoms with Crippen LogP contribution in [0.5, 0.6) is 5.88 Å². The van der Waals surface area contributed by atoms with Crippen molar-refractivity contribution in [2.45, 2.75) is 6.42 Å². The molecule has 9 nitrogen and oxygen atoms in total. The Morgan fingerprint density at radius 2 is 2.14 bits per heavy atom. The Hall–Kier alpha value is -2.26. The normalized spacial score (nSPS) is 10.3. The van der Waals surface area contributed by atoms with Gasteiger partial charge in [0, 0.05) is 32.6 Å². The van der Waals surface area contributed by atoms with Crippen LogP contribution >= 0.6 is 0 Å². The van der Waals surface area contributed by atoms with E-state index in [0.717, 1.165) is 18.7 Å². The second-order valence-electron chi connectivity index (χ2n) is 3.92. The summed E-state index contributed by atoms with van der Waals surface area (Å²) in [6.45, 7) is 1.39. The van der Waals surface area contributed by atoms with Crippen LogP contribution in [0.4, 0.5) is 5.69 Å². The molecule has 0 saturated carbocycles. The molecular weight excluding hydrogens is 284 g/mol. The average molecular weight is 300 g/mol. The summed E-state index contributed by atoms with van der Waals surface area (Å²) >= 11 is 0. The van der Waals surface area contributed by atoms with Crippen LogP contribution in [0.1, 0.15) is 16.8 Å². The zero-order chi connectivity index (χ0) is 15.7. The van der Waals surface area contributed by atoms with Gasteiger partial charge in [-0.25, -0.2) is 9.78 Å². The van der Waals surface area contributed by atoms with Gasteiger partial charge in [-0.3, -0.25) is 10.1 Å². The highest BCUT2D eigenvalue weighted by atomic mass is 16.6. The Kier molecular flexibility index (Phi) is 7.05. The number of hydrogen-bond acceptors (Lipinski definition) is 7. The topological polar surface area (TPSA) is 121 Å². The Labute approximate surface area is 120 Å². The van der Waals surface area contributed by atoms with Crippen LogP contribution in [-0.2, 0) is 9.47 Å². The SMILES string of the molecule is COCCCOCCOc1ncc(C(=O)O)cc1[N+](=O)[O-]. The first-order chi connectivity index (χ1) is 10.1. The Bertz CT molecular complexity index is 492. The summed E-state index contributed by atoms with van der Waals surface area (Å²) in [6, 6.07) is 0.907. The summed E-state index contributed by atoms with van der Waals surface area (Å²) in [5.74, 6) is -1.52. The summed E-state index contributed by atoms with van der Waals surface area (Å²) in [4.78, 5) is 24.5. The quantitative estimate of drug-likeness (QED) is 0.387. The van der Waals surface area contributed by atoms with Gasteiger partial charge in [-0.1, -0.05) is 0 Å². The van der Waals surface area contributed by atoms with Crippen molar-refractivity contribution in [1.29, 1.82) is 0 Å². The third-order valence-corrected chi connectivity index (χ3v) is 2.38. The predicted molar refractivity (Wildman–Crippen MR) is 70.7 cm³/mol. The highest BCUT2D eigenvalue weighted by molar-refractivity contribution is 5.88. The van der Waals surface area contributed by atoms with Crippen molar-refractivity contribution in [2.24, 2.45) is 0 Å². The molecule has 1 rings (SSSR count). The lowest BCUT2D eigenvalue weighted by atomic mass is 10.2. The van der Waals surface area contributed by atoms with Gasteiger partial charge in [0.2, 0.25) is 0 Å². The van der Waals surface area contributed by atoms with Crippen LogP contribution in [0.15, 0.2) is 12.3 Å². The molecule has 0 spiro atoms. The van der Waals surface area contributed by atoms with Gasteiger partial charge in [0.25, 0.3) is 5.88 Å². The highest BCUT2D eigenvalue weighted by Gasteiger charge is 2.20. The lowest BCUT2D eigenvalue weighted by Crippen LogP contribution is -2.11. The number of rotatable bonds is 10. The third kappa shape index (κ3) is 5.71. The van der Waals surface area contributed by atoms with Gasteiger partial charge in [-0.05, 0) is 6.42 Å². The number of methoxy groups -OCH3 is 1. The van der Waals surface area contributed by atoms with Crippen LogP contribution in [-0.4, -0.2) is 54.5 Å². The van der Waals surface area contributed by atoms with E-state index in [2.05, 4.69) is 4.98 Å². The number of aromatic nitrogens is 1. The minimum atomic E-state index is -1.29. The summed E-state index contributed by atoms with van der Waals surface area (Å²) in [6.07, 6.45) is 1.74. The van der Waals surface area contributed by atoms with Crippen LogP contribution in [0.3, 0.4) is 0 Å². The van der Waals surface area contributed by atoms with E-state index in [9.17, 15) is 14.9 Å². The van der Waals surface area contributed by atoms with E-state index in [1.807, 2.05) is 0 Å². The van der Waals surface area contributed by atoms with Crippen LogP contribution < -0.4 is 4.74 Å². The minimum absolute atomic E-state index is 0.0766. The van der Waals surface area contributed by atoms with E-state index >= 15 is 0 Å². The third-order valence-electron chi connectivity index (χ3n) is 2.38. The number of hydrogen-bond donors (Lipinski definition) is 1. The van der Waals surface area contributed by atoms with Gasteiger partial charge in [-0.15, -0.1) is 0 Å². The number of pyridine rings is 1. The second kappa shape index (κ2) is 8.82. The number of ether oxygens (including phenoxy) is 3. The predicted octanol–water partition coefficient (Wildman–Crippen LogP) is 1.12. The molecule has 0 aliphatic carbocycles. The van der Waals surface area contributed by atoms with Gasteiger partial charge in [-0.2, -0.15) is 0 Å². The van der Waals surface area contributed by atoms with Crippen molar-refractivity contribution in [1.82, 2.24) is 4.98 Å². The zero-order valence-corrected chi connectivity index (χ0v) is 11.5. The van der Waals surface area contributed by atoms with E-state index < -0.39 is 16.6 Å². The van der Waals surface area contributed by atoms with Crippen LogP contribution in [0.25, 0.3) is 0 Å². The molecule has 0 aliphatic heterocycles. The Morgan fingerprint density at radius 3 is 2.76 bits per heavy atom. The first kappa shape index (κ1) is 16.8. The maximum absolute atomic E-state index is 10.9. The van der Waals surface area contributed by atoms with E-state index in [4.69, 9.17) is 19.3 Å². The highest BCUT2D eigenvalue weighted by Crippen LogP contribution is 2.24. The molecule has 0 amide bonds. The molecule has 1 aromatic rings. The molecule has 0 bridgehead atoms. The molecule has 0 aromatic carbocycles. The van der Waals surface area contributed by atoms with Gasteiger partial charge < -0.3 is 19.3 Å². The van der Waals surface area contributed by atoms with Crippen molar-refractivity contribution in [2.75, 3.05) is 33.5 Å². The average Bonchev–Trinajstić information content (AvgIpc) is 2.46. The fourth-order valence-electron chi connectivity index (χ4n) is 1.40.